The van der Waals surface area contributed by atoms with Gasteiger partial charge < -0.3 is 0 Å². The third-order valence-electron chi connectivity index (χ3n) is 2.36. The fraction of sp³-hybridized carbons (Fsp3) is 0.538. The van der Waals surface area contributed by atoms with E-state index in [9.17, 15) is 4.79 Å². The number of carbonyl (C=O) groups excluding carboxylic acids is 1. The number of nitrogens with zero attached hydrogens (tertiary/aromatic N) is 1. The Morgan fingerprint density at radius 3 is 2.69 bits per heavy atom. The van der Waals surface area contributed by atoms with Gasteiger partial charge in [-0.15, -0.1) is 11.8 Å². The zero-order chi connectivity index (χ0) is 11.8. The molecule has 88 valence electrons. The molecule has 0 bridgehead atoms. The van der Waals surface area contributed by atoms with Gasteiger partial charge in [0.1, 0.15) is 5.69 Å². The van der Waals surface area contributed by atoms with Crippen molar-refractivity contribution in [1.82, 2.24) is 4.98 Å². The molecular formula is C13H19NOS. The molecule has 1 aromatic rings. The van der Waals surface area contributed by atoms with Crippen LogP contribution < -0.4 is 0 Å². The summed E-state index contributed by atoms with van der Waals surface area (Å²) >= 11 is 1.81. The lowest BCUT2D eigenvalue weighted by Crippen LogP contribution is -1.99. The zero-order valence-corrected chi connectivity index (χ0v) is 10.8. The van der Waals surface area contributed by atoms with Gasteiger partial charge in [-0.05, 0) is 24.3 Å². The van der Waals surface area contributed by atoms with Crippen molar-refractivity contribution < 1.29 is 4.79 Å². The van der Waals surface area contributed by atoms with E-state index in [1.54, 1.807) is 6.20 Å². The molecule has 0 unspecified atom stereocenters. The molecule has 0 atom stereocenters. The molecule has 2 nitrogen and oxygen atoms in total. The molecule has 0 aliphatic heterocycles. The standard InChI is InChI=1S/C13H19NOS/c1-3-5-6-9-16-11-7-8-12(14-10-11)13(15)4-2/h7-8,10H,3-6,9H2,1-2H3. The summed E-state index contributed by atoms with van der Waals surface area (Å²) in [6.45, 7) is 4.06. The van der Waals surface area contributed by atoms with Gasteiger partial charge in [0.25, 0.3) is 0 Å². The minimum absolute atomic E-state index is 0.113. The molecule has 0 fully saturated rings. The third-order valence-corrected chi connectivity index (χ3v) is 3.43. The predicted molar refractivity (Wildman–Crippen MR) is 69.1 cm³/mol. The monoisotopic (exact) mass is 237 g/mol. The van der Waals surface area contributed by atoms with Gasteiger partial charge >= 0.3 is 0 Å². The summed E-state index contributed by atoms with van der Waals surface area (Å²) in [4.78, 5) is 16.7. The van der Waals surface area contributed by atoms with Gasteiger partial charge in [-0.2, -0.15) is 0 Å². The highest BCUT2D eigenvalue weighted by Gasteiger charge is 2.03. The van der Waals surface area contributed by atoms with Crippen molar-refractivity contribution in [2.75, 3.05) is 5.75 Å². The Hall–Kier alpha value is -0.830. The summed E-state index contributed by atoms with van der Waals surface area (Å²) in [7, 11) is 0. The van der Waals surface area contributed by atoms with Gasteiger partial charge in [0.15, 0.2) is 5.78 Å². The van der Waals surface area contributed by atoms with Crippen LogP contribution in [0.25, 0.3) is 0 Å². The van der Waals surface area contributed by atoms with E-state index in [0.29, 0.717) is 12.1 Å². The maximum atomic E-state index is 11.4. The molecule has 0 aliphatic carbocycles. The highest BCUT2D eigenvalue weighted by atomic mass is 32.2. The van der Waals surface area contributed by atoms with Crippen molar-refractivity contribution in [1.29, 1.82) is 0 Å². The van der Waals surface area contributed by atoms with E-state index in [1.165, 1.54) is 19.3 Å². The van der Waals surface area contributed by atoms with Crippen molar-refractivity contribution >= 4 is 17.5 Å². The van der Waals surface area contributed by atoms with Gasteiger partial charge in [0.05, 0.1) is 0 Å². The van der Waals surface area contributed by atoms with Crippen LogP contribution in [0.5, 0.6) is 0 Å². The number of carbonyl (C=O) groups is 1. The van der Waals surface area contributed by atoms with Crippen molar-refractivity contribution in [2.45, 2.75) is 44.4 Å². The Morgan fingerprint density at radius 2 is 2.12 bits per heavy atom. The molecule has 16 heavy (non-hydrogen) atoms. The fourth-order valence-electron chi connectivity index (χ4n) is 1.35. The Labute approximate surface area is 102 Å². The predicted octanol–water partition coefficient (Wildman–Crippen LogP) is 3.96. The maximum absolute atomic E-state index is 11.4. The Bertz CT molecular complexity index is 321. The first-order chi connectivity index (χ1) is 7.77. The van der Waals surface area contributed by atoms with Crippen molar-refractivity contribution in [2.24, 2.45) is 0 Å². The fourth-order valence-corrected chi connectivity index (χ4v) is 2.23. The molecule has 0 saturated carbocycles. The molecule has 1 aromatic heterocycles. The van der Waals surface area contributed by atoms with Crippen LogP contribution >= 0.6 is 11.8 Å². The van der Waals surface area contributed by atoms with Gasteiger partial charge in [-0.3, -0.25) is 9.78 Å². The second-order valence-electron chi connectivity index (χ2n) is 3.71. The van der Waals surface area contributed by atoms with Crippen LogP contribution in [0, 0.1) is 0 Å². The van der Waals surface area contributed by atoms with Crippen LogP contribution in [0.2, 0.25) is 0 Å². The lowest BCUT2D eigenvalue weighted by Gasteiger charge is -2.01. The SMILES string of the molecule is CCCCCSc1ccc(C(=O)CC)nc1. The zero-order valence-electron chi connectivity index (χ0n) is 10.0. The molecule has 3 heteroatoms. The van der Waals surface area contributed by atoms with Crippen molar-refractivity contribution in [3.63, 3.8) is 0 Å². The highest BCUT2D eigenvalue weighted by molar-refractivity contribution is 7.99. The first-order valence-corrected chi connectivity index (χ1v) is 6.88. The van der Waals surface area contributed by atoms with Gasteiger partial charge in [0, 0.05) is 17.5 Å². The molecule has 0 aromatic carbocycles. The van der Waals surface area contributed by atoms with E-state index in [2.05, 4.69) is 11.9 Å². The number of Topliss-reactive ketones (excluding diaryl/α,β-unsaturated/α-hetero) is 1. The second-order valence-corrected chi connectivity index (χ2v) is 4.88. The Balaban J connectivity index is 2.42. The molecule has 0 saturated heterocycles. The Kier molecular flexibility index (Phi) is 6.16. The largest absolute Gasteiger partial charge is 0.292 e. The molecule has 0 spiro atoms. The number of ketones is 1. The molecule has 1 heterocycles. The summed E-state index contributed by atoms with van der Waals surface area (Å²) in [5, 5.41) is 0. The topological polar surface area (TPSA) is 30.0 Å². The normalized spacial score (nSPS) is 10.4. The first-order valence-electron chi connectivity index (χ1n) is 5.90. The number of thioether (sulfide) groups is 1. The summed E-state index contributed by atoms with van der Waals surface area (Å²) in [5.74, 6) is 1.25. The first kappa shape index (κ1) is 13.2. The summed E-state index contributed by atoms with van der Waals surface area (Å²) in [6, 6.07) is 3.82. The van der Waals surface area contributed by atoms with Crippen LogP contribution in [0.15, 0.2) is 23.2 Å². The highest BCUT2D eigenvalue weighted by Crippen LogP contribution is 2.19. The summed E-state index contributed by atoms with van der Waals surface area (Å²) in [5.41, 5.74) is 0.584. The van der Waals surface area contributed by atoms with Gasteiger partial charge in [-0.25, -0.2) is 0 Å². The Morgan fingerprint density at radius 1 is 1.31 bits per heavy atom. The summed E-state index contributed by atoms with van der Waals surface area (Å²) in [6.07, 6.45) is 6.11. The molecule has 0 aliphatic rings. The minimum atomic E-state index is 0.113. The number of aromatic nitrogens is 1. The van der Waals surface area contributed by atoms with E-state index in [0.717, 1.165) is 10.6 Å². The smallest absolute Gasteiger partial charge is 0.180 e. The lowest BCUT2D eigenvalue weighted by molar-refractivity contribution is 0.0983. The maximum Gasteiger partial charge on any atom is 0.180 e. The molecular weight excluding hydrogens is 218 g/mol. The van der Waals surface area contributed by atoms with Crippen LogP contribution in [0.1, 0.15) is 50.0 Å². The average molecular weight is 237 g/mol. The van der Waals surface area contributed by atoms with E-state index < -0.39 is 0 Å². The van der Waals surface area contributed by atoms with Crippen LogP contribution in [-0.2, 0) is 0 Å². The minimum Gasteiger partial charge on any atom is -0.292 e. The number of unbranched alkanes of at least 4 members (excludes halogenated alkanes) is 2. The van der Waals surface area contributed by atoms with Crippen molar-refractivity contribution in [3.05, 3.63) is 24.0 Å². The van der Waals surface area contributed by atoms with Crippen LogP contribution in [-0.4, -0.2) is 16.5 Å². The number of hydrogen-bond acceptors (Lipinski definition) is 3. The van der Waals surface area contributed by atoms with Crippen LogP contribution in [0.4, 0.5) is 0 Å². The lowest BCUT2D eigenvalue weighted by atomic mass is 10.2. The summed E-state index contributed by atoms with van der Waals surface area (Å²) < 4.78 is 0. The molecule has 0 amide bonds. The quantitative estimate of drug-likeness (QED) is 0.408. The molecule has 0 radical (unpaired) electrons. The number of pyridine rings is 1. The van der Waals surface area contributed by atoms with Gasteiger partial charge in [-0.1, -0.05) is 26.7 Å². The van der Waals surface area contributed by atoms with Crippen LogP contribution in [0.3, 0.4) is 0 Å². The van der Waals surface area contributed by atoms with E-state index in [4.69, 9.17) is 0 Å². The number of rotatable bonds is 7. The van der Waals surface area contributed by atoms with E-state index in [-0.39, 0.29) is 5.78 Å². The van der Waals surface area contributed by atoms with E-state index in [1.807, 2.05) is 30.8 Å². The number of hydrogen-bond donors (Lipinski definition) is 0. The average Bonchev–Trinajstić information content (AvgIpc) is 2.34. The molecule has 1 rings (SSSR count). The molecule has 0 N–H and O–H groups in total. The van der Waals surface area contributed by atoms with Crippen molar-refractivity contribution in [3.8, 4) is 0 Å². The second kappa shape index (κ2) is 7.44. The van der Waals surface area contributed by atoms with E-state index >= 15 is 0 Å². The van der Waals surface area contributed by atoms with Gasteiger partial charge in [0.2, 0.25) is 0 Å². The third kappa shape index (κ3) is 4.35.